The van der Waals surface area contributed by atoms with E-state index in [0.29, 0.717) is 16.9 Å². The summed E-state index contributed by atoms with van der Waals surface area (Å²) in [5, 5.41) is 2.73. The van der Waals surface area contributed by atoms with Gasteiger partial charge in [0.1, 0.15) is 5.82 Å². The molecule has 0 aliphatic rings. The van der Waals surface area contributed by atoms with Crippen molar-refractivity contribution in [2.45, 2.75) is 13.0 Å². The van der Waals surface area contributed by atoms with Crippen LogP contribution >= 0.6 is 0 Å². The van der Waals surface area contributed by atoms with Gasteiger partial charge in [0.05, 0.1) is 19.6 Å². The number of amides is 1. The Balaban J connectivity index is 1.70. The number of benzene rings is 2. The molecule has 0 unspecified atom stereocenters. The van der Waals surface area contributed by atoms with Crippen molar-refractivity contribution >= 4 is 17.3 Å². The number of rotatable bonds is 6. The first kappa shape index (κ1) is 15.0. The van der Waals surface area contributed by atoms with Gasteiger partial charge >= 0.3 is 0 Å². The van der Waals surface area contributed by atoms with Gasteiger partial charge < -0.3 is 15.8 Å². The van der Waals surface area contributed by atoms with Crippen LogP contribution in [0.3, 0.4) is 0 Å². The Morgan fingerprint density at radius 1 is 1.14 bits per heavy atom. The minimum atomic E-state index is -0.302. The first-order valence-corrected chi connectivity index (χ1v) is 6.61. The lowest BCUT2D eigenvalue weighted by molar-refractivity contribution is -0.117. The minimum Gasteiger partial charge on any atom is -0.399 e. The van der Waals surface area contributed by atoms with Crippen molar-refractivity contribution in [1.82, 2.24) is 0 Å². The van der Waals surface area contributed by atoms with E-state index in [0.717, 1.165) is 0 Å². The molecule has 3 N–H and O–H groups in total. The standard InChI is InChI=1S/C16H17FN2O2/c17-15-4-2-1-3-12(15)11-21-10-9-16(20)19-14-7-5-13(18)6-8-14/h1-8H,9-11,18H2,(H,19,20). The summed E-state index contributed by atoms with van der Waals surface area (Å²) in [6.45, 7) is 0.386. The van der Waals surface area contributed by atoms with Crippen LogP contribution in [0, 0.1) is 5.82 Å². The maximum Gasteiger partial charge on any atom is 0.226 e. The predicted octanol–water partition coefficient (Wildman–Crippen LogP) is 2.95. The van der Waals surface area contributed by atoms with Crippen LogP contribution in [-0.2, 0) is 16.1 Å². The monoisotopic (exact) mass is 288 g/mol. The van der Waals surface area contributed by atoms with Crippen LogP contribution in [0.2, 0.25) is 0 Å². The van der Waals surface area contributed by atoms with Crippen molar-refractivity contribution in [2.24, 2.45) is 0 Å². The number of hydrogen-bond donors (Lipinski definition) is 2. The summed E-state index contributed by atoms with van der Waals surface area (Å²) < 4.78 is 18.6. The van der Waals surface area contributed by atoms with Crippen LogP contribution in [0.25, 0.3) is 0 Å². The molecule has 0 radical (unpaired) electrons. The zero-order valence-electron chi connectivity index (χ0n) is 11.5. The van der Waals surface area contributed by atoms with Crippen molar-refractivity contribution in [1.29, 1.82) is 0 Å². The molecule has 4 nitrogen and oxygen atoms in total. The summed E-state index contributed by atoms with van der Waals surface area (Å²) in [4.78, 5) is 11.7. The number of nitrogens with one attached hydrogen (secondary N) is 1. The fraction of sp³-hybridized carbons (Fsp3) is 0.188. The molecule has 5 heteroatoms. The van der Waals surface area contributed by atoms with Crippen molar-refractivity contribution in [3.05, 3.63) is 59.9 Å². The Labute approximate surface area is 122 Å². The highest BCUT2D eigenvalue weighted by Gasteiger charge is 2.04. The van der Waals surface area contributed by atoms with Crippen LogP contribution < -0.4 is 11.1 Å². The molecule has 0 spiro atoms. The third-order valence-electron chi connectivity index (χ3n) is 2.88. The first-order chi connectivity index (χ1) is 10.1. The number of halogens is 1. The van der Waals surface area contributed by atoms with Gasteiger partial charge in [-0.3, -0.25) is 4.79 Å². The summed E-state index contributed by atoms with van der Waals surface area (Å²) in [5.41, 5.74) is 7.37. The van der Waals surface area contributed by atoms with Crippen LogP contribution in [-0.4, -0.2) is 12.5 Å². The Morgan fingerprint density at radius 2 is 1.86 bits per heavy atom. The van der Waals surface area contributed by atoms with E-state index in [-0.39, 0.29) is 31.4 Å². The number of carbonyl (C=O) groups is 1. The molecule has 0 aliphatic carbocycles. The average molecular weight is 288 g/mol. The van der Waals surface area contributed by atoms with Gasteiger partial charge in [-0.05, 0) is 30.3 Å². The van der Waals surface area contributed by atoms with Crippen molar-refractivity contribution in [3.63, 3.8) is 0 Å². The summed E-state index contributed by atoms with van der Waals surface area (Å²) in [5.74, 6) is -0.461. The first-order valence-electron chi connectivity index (χ1n) is 6.61. The van der Waals surface area contributed by atoms with E-state index in [9.17, 15) is 9.18 Å². The predicted molar refractivity (Wildman–Crippen MR) is 80.2 cm³/mol. The normalized spacial score (nSPS) is 10.3. The summed E-state index contributed by atoms with van der Waals surface area (Å²) in [7, 11) is 0. The molecule has 0 heterocycles. The molecule has 2 aromatic carbocycles. The van der Waals surface area contributed by atoms with Crippen molar-refractivity contribution in [2.75, 3.05) is 17.7 Å². The van der Waals surface area contributed by atoms with Crippen molar-refractivity contribution in [3.8, 4) is 0 Å². The van der Waals surface area contributed by atoms with E-state index in [4.69, 9.17) is 10.5 Å². The van der Waals surface area contributed by atoms with E-state index in [1.807, 2.05) is 0 Å². The maximum atomic E-state index is 13.3. The molecule has 1 amide bonds. The zero-order chi connectivity index (χ0) is 15.1. The van der Waals surface area contributed by atoms with Gasteiger partial charge in [0.15, 0.2) is 0 Å². The number of hydrogen-bond acceptors (Lipinski definition) is 3. The Kier molecular flexibility index (Phi) is 5.29. The Bertz CT molecular complexity index is 599. The average Bonchev–Trinajstić information content (AvgIpc) is 2.48. The highest BCUT2D eigenvalue weighted by atomic mass is 19.1. The molecule has 2 rings (SSSR count). The largest absolute Gasteiger partial charge is 0.399 e. The molecule has 0 atom stereocenters. The van der Waals surface area contributed by atoms with Crippen molar-refractivity contribution < 1.29 is 13.9 Å². The molecule has 110 valence electrons. The zero-order valence-corrected chi connectivity index (χ0v) is 11.5. The molecular weight excluding hydrogens is 271 g/mol. The second kappa shape index (κ2) is 7.40. The Hall–Kier alpha value is -2.40. The topological polar surface area (TPSA) is 64.3 Å². The highest BCUT2D eigenvalue weighted by molar-refractivity contribution is 5.90. The molecule has 21 heavy (non-hydrogen) atoms. The van der Waals surface area contributed by atoms with Crippen LogP contribution in [0.5, 0.6) is 0 Å². The summed E-state index contributed by atoms with van der Waals surface area (Å²) in [6, 6.07) is 13.3. The second-order valence-electron chi connectivity index (χ2n) is 4.56. The lowest BCUT2D eigenvalue weighted by Crippen LogP contribution is -2.14. The lowest BCUT2D eigenvalue weighted by atomic mass is 10.2. The molecule has 2 aromatic rings. The number of carbonyl (C=O) groups excluding carboxylic acids is 1. The van der Waals surface area contributed by atoms with Gasteiger partial charge in [-0.1, -0.05) is 18.2 Å². The van der Waals surface area contributed by atoms with Gasteiger partial charge in [-0.15, -0.1) is 0 Å². The molecule has 0 fully saturated rings. The molecule has 0 aliphatic heterocycles. The Morgan fingerprint density at radius 3 is 2.57 bits per heavy atom. The number of ether oxygens (including phenoxy) is 1. The molecular formula is C16H17FN2O2. The van der Waals surface area contributed by atoms with E-state index < -0.39 is 0 Å². The third-order valence-corrected chi connectivity index (χ3v) is 2.88. The molecule has 0 saturated carbocycles. The maximum absolute atomic E-state index is 13.3. The lowest BCUT2D eigenvalue weighted by Gasteiger charge is -2.07. The molecule has 0 bridgehead atoms. The summed E-state index contributed by atoms with van der Waals surface area (Å²) in [6.07, 6.45) is 0.207. The number of nitrogen functional groups attached to an aromatic ring is 1. The van der Waals surface area contributed by atoms with Gasteiger partial charge in [0.2, 0.25) is 5.91 Å². The SMILES string of the molecule is Nc1ccc(NC(=O)CCOCc2ccccc2F)cc1. The van der Waals surface area contributed by atoms with Crippen LogP contribution in [0.1, 0.15) is 12.0 Å². The van der Waals surface area contributed by atoms with E-state index in [2.05, 4.69) is 5.32 Å². The van der Waals surface area contributed by atoms with E-state index in [1.54, 1.807) is 42.5 Å². The summed E-state index contributed by atoms with van der Waals surface area (Å²) >= 11 is 0. The third kappa shape index (κ3) is 4.89. The fourth-order valence-electron chi connectivity index (χ4n) is 1.75. The quantitative estimate of drug-likeness (QED) is 0.634. The molecule has 0 aromatic heterocycles. The smallest absolute Gasteiger partial charge is 0.226 e. The van der Waals surface area contributed by atoms with Gasteiger partial charge in [0.25, 0.3) is 0 Å². The minimum absolute atomic E-state index is 0.155. The van der Waals surface area contributed by atoms with Gasteiger partial charge in [0, 0.05) is 16.9 Å². The van der Waals surface area contributed by atoms with E-state index in [1.165, 1.54) is 6.07 Å². The number of anilines is 2. The molecule has 0 saturated heterocycles. The fourth-order valence-corrected chi connectivity index (χ4v) is 1.75. The number of nitrogens with two attached hydrogens (primary N) is 1. The van der Waals surface area contributed by atoms with Crippen LogP contribution in [0.15, 0.2) is 48.5 Å². The van der Waals surface area contributed by atoms with E-state index >= 15 is 0 Å². The van der Waals surface area contributed by atoms with Gasteiger partial charge in [-0.25, -0.2) is 4.39 Å². The van der Waals surface area contributed by atoms with Crippen LogP contribution in [0.4, 0.5) is 15.8 Å². The second-order valence-corrected chi connectivity index (χ2v) is 4.56. The highest BCUT2D eigenvalue weighted by Crippen LogP contribution is 2.11. The van der Waals surface area contributed by atoms with Gasteiger partial charge in [-0.2, -0.15) is 0 Å².